The fourth-order valence-electron chi connectivity index (χ4n) is 2.56. The minimum atomic E-state index is 0.292. The van der Waals surface area contributed by atoms with Crippen LogP contribution in [0.3, 0.4) is 0 Å². The first-order valence-electron chi connectivity index (χ1n) is 7.11. The van der Waals surface area contributed by atoms with Crippen LogP contribution < -0.4 is 10.6 Å². The van der Waals surface area contributed by atoms with E-state index in [4.69, 9.17) is 5.11 Å². The van der Waals surface area contributed by atoms with Gasteiger partial charge in [0, 0.05) is 25.2 Å². The van der Waals surface area contributed by atoms with E-state index in [0.717, 1.165) is 25.4 Å². The van der Waals surface area contributed by atoms with E-state index in [1.165, 1.54) is 25.8 Å². The van der Waals surface area contributed by atoms with E-state index in [9.17, 15) is 0 Å². The van der Waals surface area contributed by atoms with Crippen LogP contribution in [0, 0.1) is 5.41 Å². The normalized spacial score (nSPS) is 22.9. The first kappa shape index (κ1) is 14.9. The van der Waals surface area contributed by atoms with E-state index in [2.05, 4.69) is 31.4 Å². The summed E-state index contributed by atoms with van der Waals surface area (Å²) in [7, 11) is 0. The van der Waals surface area contributed by atoms with Crippen LogP contribution in [0.15, 0.2) is 0 Å². The molecule has 1 rings (SSSR count). The smallest absolute Gasteiger partial charge is 0.0431 e. The van der Waals surface area contributed by atoms with E-state index >= 15 is 0 Å². The molecule has 3 N–H and O–H groups in total. The van der Waals surface area contributed by atoms with Crippen LogP contribution in [-0.4, -0.2) is 36.9 Å². The van der Waals surface area contributed by atoms with Crippen molar-refractivity contribution in [1.29, 1.82) is 0 Å². The first-order chi connectivity index (χ1) is 8.03. The summed E-state index contributed by atoms with van der Waals surface area (Å²) in [6.07, 6.45) is 5.90. The lowest BCUT2D eigenvalue weighted by Gasteiger charge is -2.28. The summed E-state index contributed by atoms with van der Waals surface area (Å²) < 4.78 is 0. The van der Waals surface area contributed by atoms with Crippen molar-refractivity contribution in [3.63, 3.8) is 0 Å². The van der Waals surface area contributed by atoms with Gasteiger partial charge in [-0.2, -0.15) is 0 Å². The van der Waals surface area contributed by atoms with E-state index in [1.54, 1.807) is 0 Å². The molecular formula is C14H30N2O. The molecule has 3 nitrogen and oxygen atoms in total. The molecule has 0 radical (unpaired) electrons. The quantitative estimate of drug-likeness (QED) is 0.609. The van der Waals surface area contributed by atoms with Crippen LogP contribution >= 0.6 is 0 Å². The molecule has 17 heavy (non-hydrogen) atoms. The van der Waals surface area contributed by atoms with Crippen molar-refractivity contribution < 1.29 is 5.11 Å². The highest BCUT2D eigenvalue weighted by Gasteiger charge is 2.20. The Morgan fingerprint density at radius 1 is 1.47 bits per heavy atom. The van der Waals surface area contributed by atoms with Gasteiger partial charge in [-0.25, -0.2) is 0 Å². The van der Waals surface area contributed by atoms with Gasteiger partial charge in [-0.3, -0.25) is 0 Å². The molecule has 2 unspecified atom stereocenters. The van der Waals surface area contributed by atoms with E-state index in [0.29, 0.717) is 18.1 Å². The Morgan fingerprint density at radius 3 is 2.82 bits per heavy atom. The zero-order chi connectivity index (χ0) is 12.7. The highest BCUT2D eigenvalue weighted by atomic mass is 16.2. The predicted octanol–water partition coefficient (Wildman–Crippen LogP) is 1.91. The summed E-state index contributed by atoms with van der Waals surface area (Å²) in [6, 6.07) is 1.30. The maximum absolute atomic E-state index is 8.87. The summed E-state index contributed by atoms with van der Waals surface area (Å²) in [5.74, 6) is 0. The van der Waals surface area contributed by atoms with Crippen LogP contribution in [0.25, 0.3) is 0 Å². The minimum Gasteiger partial charge on any atom is -0.396 e. The van der Waals surface area contributed by atoms with Gasteiger partial charge in [0.1, 0.15) is 0 Å². The first-order valence-corrected chi connectivity index (χ1v) is 7.11. The zero-order valence-corrected chi connectivity index (χ0v) is 11.8. The molecule has 2 atom stereocenters. The van der Waals surface area contributed by atoms with Crippen molar-refractivity contribution in [2.75, 3.05) is 19.7 Å². The van der Waals surface area contributed by atoms with Gasteiger partial charge in [-0.05, 0) is 51.0 Å². The molecule has 102 valence electrons. The van der Waals surface area contributed by atoms with E-state index < -0.39 is 0 Å². The number of hydrogen-bond donors (Lipinski definition) is 3. The molecule has 0 aromatic rings. The number of aliphatic hydroxyl groups excluding tert-OH is 1. The molecule has 0 aliphatic carbocycles. The Balaban J connectivity index is 2.14. The molecule has 0 spiro atoms. The molecular weight excluding hydrogens is 212 g/mol. The van der Waals surface area contributed by atoms with Gasteiger partial charge in [0.05, 0.1) is 0 Å². The summed E-state index contributed by atoms with van der Waals surface area (Å²) in [5.41, 5.74) is 0.292. The fourth-order valence-corrected chi connectivity index (χ4v) is 2.56. The van der Waals surface area contributed by atoms with Gasteiger partial charge in [-0.1, -0.05) is 13.8 Å². The lowest BCUT2D eigenvalue weighted by Crippen LogP contribution is -2.39. The molecule has 1 aliphatic rings. The zero-order valence-electron chi connectivity index (χ0n) is 11.8. The minimum absolute atomic E-state index is 0.292. The van der Waals surface area contributed by atoms with Crippen LogP contribution in [0.4, 0.5) is 0 Å². The van der Waals surface area contributed by atoms with E-state index in [-0.39, 0.29) is 0 Å². The predicted molar refractivity (Wildman–Crippen MR) is 73.2 cm³/mol. The molecule has 1 heterocycles. The second-order valence-corrected chi connectivity index (χ2v) is 6.30. The van der Waals surface area contributed by atoms with Gasteiger partial charge in [0.15, 0.2) is 0 Å². The van der Waals surface area contributed by atoms with Crippen LogP contribution in [0.2, 0.25) is 0 Å². The lowest BCUT2D eigenvalue weighted by atomic mass is 9.87. The third-order valence-corrected chi connectivity index (χ3v) is 3.74. The Labute approximate surface area is 106 Å². The second-order valence-electron chi connectivity index (χ2n) is 6.30. The molecule has 1 fully saturated rings. The Morgan fingerprint density at radius 2 is 2.24 bits per heavy atom. The van der Waals surface area contributed by atoms with Crippen LogP contribution in [0.5, 0.6) is 0 Å². The Bertz CT molecular complexity index is 200. The molecule has 0 saturated carbocycles. The van der Waals surface area contributed by atoms with Crippen molar-refractivity contribution in [2.24, 2.45) is 5.41 Å². The summed E-state index contributed by atoms with van der Waals surface area (Å²) in [4.78, 5) is 0. The maximum atomic E-state index is 8.87. The molecule has 3 heteroatoms. The van der Waals surface area contributed by atoms with Crippen LogP contribution in [-0.2, 0) is 0 Å². The topological polar surface area (TPSA) is 44.3 Å². The average molecular weight is 242 g/mol. The highest BCUT2D eigenvalue weighted by molar-refractivity contribution is 4.80. The van der Waals surface area contributed by atoms with Crippen molar-refractivity contribution >= 4 is 0 Å². The van der Waals surface area contributed by atoms with Gasteiger partial charge in [0.2, 0.25) is 0 Å². The molecule has 0 aromatic carbocycles. The molecule has 1 saturated heterocycles. The van der Waals surface area contributed by atoms with Crippen LogP contribution in [0.1, 0.15) is 52.9 Å². The molecule has 0 bridgehead atoms. The average Bonchev–Trinajstić information content (AvgIpc) is 2.77. The Hall–Kier alpha value is -0.120. The summed E-state index contributed by atoms with van der Waals surface area (Å²) >= 11 is 0. The Kier molecular flexibility index (Phi) is 6.45. The standard InChI is InChI=1S/C14H30N2O/c1-12(10-13-6-4-8-15-13)16-11-14(2,3)7-5-9-17/h12-13,15-17H,4-11H2,1-3H3. The number of rotatable bonds is 8. The molecule has 0 aromatic heterocycles. The van der Waals surface area contributed by atoms with E-state index in [1.807, 2.05) is 0 Å². The SMILES string of the molecule is CC(CC1CCCN1)NCC(C)(C)CCCO. The maximum Gasteiger partial charge on any atom is 0.0431 e. The third kappa shape index (κ3) is 6.39. The van der Waals surface area contributed by atoms with Gasteiger partial charge < -0.3 is 15.7 Å². The molecule has 1 aliphatic heterocycles. The number of hydrogen-bond acceptors (Lipinski definition) is 3. The summed E-state index contributed by atoms with van der Waals surface area (Å²) in [5, 5.41) is 16.1. The van der Waals surface area contributed by atoms with Gasteiger partial charge >= 0.3 is 0 Å². The second kappa shape index (κ2) is 7.34. The summed E-state index contributed by atoms with van der Waals surface area (Å²) in [6.45, 7) is 9.37. The number of aliphatic hydroxyl groups is 1. The van der Waals surface area contributed by atoms with Crippen molar-refractivity contribution in [3.8, 4) is 0 Å². The monoisotopic (exact) mass is 242 g/mol. The van der Waals surface area contributed by atoms with Crippen molar-refractivity contribution in [1.82, 2.24) is 10.6 Å². The third-order valence-electron chi connectivity index (χ3n) is 3.74. The number of nitrogens with one attached hydrogen (secondary N) is 2. The van der Waals surface area contributed by atoms with Crippen molar-refractivity contribution in [2.45, 2.75) is 65.0 Å². The van der Waals surface area contributed by atoms with Gasteiger partial charge in [-0.15, -0.1) is 0 Å². The molecule has 0 amide bonds. The largest absolute Gasteiger partial charge is 0.396 e. The highest BCUT2D eigenvalue weighted by Crippen LogP contribution is 2.21. The van der Waals surface area contributed by atoms with Crippen molar-refractivity contribution in [3.05, 3.63) is 0 Å². The lowest BCUT2D eigenvalue weighted by molar-refractivity contribution is 0.230. The van der Waals surface area contributed by atoms with Gasteiger partial charge in [0.25, 0.3) is 0 Å². The fraction of sp³-hybridized carbons (Fsp3) is 1.00.